The van der Waals surface area contributed by atoms with Crippen LogP contribution < -0.4 is 10.1 Å². The molecule has 1 aromatic heterocycles. The Kier molecular flexibility index (Phi) is 6.61. The summed E-state index contributed by atoms with van der Waals surface area (Å²) in [6, 6.07) is 6.80. The Balaban J connectivity index is 2.04. The van der Waals surface area contributed by atoms with Gasteiger partial charge in [0, 0.05) is 5.56 Å². The summed E-state index contributed by atoms with van der Waals surface area (Å²) in [5.74, 6) is -5.43. The quantitative estimate of drug-likeness (QED) is 0.647. The molecule has 29 heavy (non-hydrogen) atoms. The fraction of sp³-hybridized carbons (Fsp3) is 0.300. The van der Waals surface area contributed by atoms with Crippen LogP contribution >= 0.6 is 0 Å². The fourth-order valence-electron chi connectivity index (χ4n) is 2.35. The Hall–Kier alpha value is -2.97. The van der Waals surface area contributed by atoms with Gasteiger partial charge < -0.3 is 10.1 Å². The van der Waals surface area contributed by atoms with E-state index < -0.39 is 36.2 Å². The van der Waals surface area contributed by atoms with Crippen LogP contribution in [0.3, 0.4) is 0 Å². The van der Waals surface area contributed by atoms with Crippen LogP contribution in [0.25, 0.3) is 5.57 Å². The molecule has 4 nitrogen and oxygen atoms in total. The van der Waals surface area contributed by atoms with E-state index in [1.165, 1.54) is 31.2 Å². The number of carbonyl (C=O) groups is 1. The van der Waals surface area contributed by atoms with Crippen molar-refractivity contribution in [3.8, 4) is 5.75 Å². The van der Waals surface area contributed by atoms with Crippen LogP contribution in [0.4, 0.5) is 22.0 Å². The average molecular weight is 414 g/mol. The van der Waals surface area contributed by atoms with Crippen LogP contribution in [0.1, 0.15) is 36.7 Å². The maximum absolute atomic E-state index is 14.5. The molecule has 1 atom stereocenters. The second-order valence-electron chi connectivity index (χ2n) is 6.45. The van der Waals surface area contributed by atoms with Crippen molar-refractivity contribution in [3.63, 3.8) is 0 Å². The molecule has 0 unspecified atom stereocenters. The number of amides is 1. The van der Waals surface area contributed by atoms with Crippen molar-refractivity contribution in [2.75, 3.05) is 6.61 Å². The summed E-state index contributed by atoms with van der Waals surface area (Å²) in [5.41, 5.74) is 1.09. The summed E-state index contributed by atoms with van der Waals surface area (Å²) >= 11 is 0. The molecule has 1 N–H and O–H groups in total. The molecule has 9 heteroatoms. The highest BCUT2D eigenvalue weighted by molar-refractivity contribution is 5.85. The molecule has 156 valence electrons. The molecule has 0 bridgehead atoms. The van der Waals surface area contributed by atoms with E-state index in [2.05, 4.69) is 21.6 Å². The second kappa shape index (κ2) is 8.59. The molecule has 0 fully saturated rings. The Bertz CT molecular complexity index is 862. The number of rotatable bonds is 7. The molecule has 0 saturated carbocycles. The fourth-order valence-corrected chi connectivity index (χ4v) is 2.35. The van der Waals surface area contributed by atoms with Gasteiger partial charge in [0.05, 0.1) is 17.9 Å². The standard InChI is InChI=1S/C20H19F5N2O2/c1-12(2)14-4-6-15(7-5-14)20(24,25)18(28)27-13(3)17-9-8-16(10-26-17)29-11-19(21,22)23/h4-10,13H,1,11H2,2-3H3,(H,27,28)/t13-/m1/s1. The zero-order valence-corrected chi connectivity index (χ0v) is 15.7. The first-order chi connectivity index (χ1) is 13.4. The highest BCUT2D eigenvalue weighted by Gasteiger charge is 2.41. The van der Waals surface area contributed by atoms with Gasteiger partial charge in [0.2, 0.25) is 0 Å². The van der Waals surface area contributed by atoms with Crippen LogP contribution in [-0.2, 0) is 10.7 Å². The van der Waals surface area contributed by atoms with Crippen molar-refractivity contribution < 1.29 is 31.5 Å². The first-order valence-corrected chi connectivity index (χ1v) is 8.51. The molecule has 2 rings (SSSR count). The lowest BCUT2D eigenvalue weighted by atomic mass is 10.0. The minimum absolute atomic E-state index is 0.132. The third kappa shape index (κ3) is 6.00. The minimum Gasteiger partial charge on any atom is -0.483 e. The predicted octanol–water partition coefficient (Wildman–Crippen LogP) is 5.03. The number of carbonyl (C=O) groups excluding carboxylic acids is 1. The maximum Gasteiger partial charge on any atom is 0.422 e. The Morgan fingerprint density at radius 2 is 1.76 bits per heavy atom. The van der Waals surface area contributed by atoms with E-state index in [1.54, 1.807) is 6.92 Å². The van der Waals surface area contributed by atoms with E-state index in [9.17, 15) is 26.7 Å². The topological polar surface area (TPSA) is 51.2 Å². The van der Waals surface area contributed by atoms with E-state index in [0.717, 1.165) is 18.3 Å². The summed E-state index contributed by atoms with van der Waals surface area (Å²) in [7, 11) is 0. The van der Waals surface area contributed by atoms with Gasteiger partial charge in [0.25, 0.3) is 5.91 Å². The Morgan fingerprint density at radius 1 is 1.14 bits per heavy atom. The number of pyridine rings is 1. The third-order valence-corrected chi connectivity index (χ3v) is 3.98. The summed E-state index contributed by atoms with van der Waals surface area (Å²) in [6.45, 7) is 5.40. The number of alkyl halides is 5. The number of ether oxygens (including phenoxy) is 1. The van der Waals surface area contributed by atoms with E-state index in [0.29, 0.717) is 11.1 Å². The van der Waals surface area contributed by atoms with Crippen LogP contribution in [0.5, 0.6) is 5.75 Å². The minimum atomic E-state index is -4.49. The molecule has 0 aliphatic heterocycles. The molecule has 1 heterocycles. The number of nitrogens with zero attached hydrogens (tertiary/aromatic N) is 1. The lowest BCUT2D eigenvalue weighted by Crippen LogP contribution is -2.39. The number of hydrogen-bond donors (Lipinski definition) is 1. The van der Waals surface area contributed by atoms with Crippen LogP contribution in [0, 0.1) is 0 Å². The van der Waals surface area contributed by atoms with Crippen molar-refractivity contribution in [2.45, 2.75) is 32.0 Å². The molecular formula is C20H19F5N2O2. The SMILES string of the molecule is C=C(C)c1ccc(C(F)(F)C(=O)N[C@H](C)c2ccc(OCC(F)(F)F)cn2)cc1. The first kappa shape index (κ1) is 22.3. The molecule has 2 aromatic rings. The largest absolute Gasteiger partial charge is 0.483 e. The van der Waals surface area contributed by atoms with Gasteiger partial charge in [-0.05, 0) is 31.5 Å². The molecule has 1 amide bonds. The normalized spacial score (nSPS) is 12.9. The van der Waals surface area contributed by atoms with Crippen LogP contribution in [-0.4, -0.2) is 23.7 Å². The average Bonchev–Trinajstić information content (AvgIpc) is 2.66. The Labute approximate surface area is 164 Å². The van der Waals surface area contributed by atoms with Gasteiger partial charge in [0.15, 0.2) is 6.61 Å². The third-order valence-electron chi connectivity index (χ3n) is 3.98. The first-order valence-electron chi connectivity index (χ1n) is 8.51. The van der Waals surface area contributed by atoms with E-state index in [4.69, 9.17) is 0 Å². The van der Waals surface area contributed by atoms with Crippen molar-refractivity contribution in [3.05, 3.63) is 66.0 Å². The zero-order chi connectivity index (χ0) is 21.8. The van der Waals surface area contributed by atoms with Crippen LogP contribution in [0.15, 0.2) is 49.2 Å². The summed E-state index contributed by atoms with van der Waals surface area (Å²) in [6.07, 6.45) is -3.47. The van der Waals surface area contributed by atoms with E-state index in [1.807, 2.05) is 0 Å². The number of benzene rings is 1. The van der Waals surface area contributed by atoms with Crippen molar-refractivity contribution in [2.24, 2.45) is 0 Å². The lowest BCUT2D eigenvalue weighted by molar-refractivity contribution is -0.153. The van der Waals surface area contributed by atoms with Crippen molar-refractivity contribution in [1.82, 2.24) is 10.3 Å². The summed E-state index contributed by atoms with van der Waals surface area (Å²) in [5, 5.41) is 2.16. The zero-order valence-electron chi connectivity index (χ0n) is 15.7. The predicted molar refractivity (Wildman–Crippen MR) is 97.4 cm³/mol. The molecule has 0 aliphatic carbocycles. The number of allylic oxidation sites excluding steroid dienone is 1. The molecule has 1 aromatic carbocycles. The van der Waals surface area contributed by atoms with Gasteiger partial charge in [-0.3, -0.25) is 9.78 Å². The van der Waals surface area contributed by atoms with Gasteiger partial charge >= 0.3 is 12.1 Å². The van der Waals surface area contributed by atoms with Gasteiger partial charge in [-0.2, -0.15) is 22.0 Å². The Morgan fingerprint density at radius 3 is 2.24 bits per heavy atom. The summed E-state index contributed by atoms with van der Waals surface area (Å²) < 4.78 is 69.8. The number of hydrogen-bond acceptors (Lipinski definition) is 3. The molecule has 0 aliphatic rings. The van der Waals surface area contributed by atoms with E-state index >= 15 is 0 Å². The number of aromatic nitrogens is 1. The number of halogens is 5. The lowest BCUT2D eigenvalue weighted by Gasteiger charge is -2.20. The molecule has 0 saturated heterocycles. The van der Waals surface area contributed by atoms with Gasteiger partial charge in [-0.1, -0.05) is 36.4 Å². The van der Waals surface area contributed by atoms with Gasteiger partial charge in [-0.15, -0.1) is 0 Å². The van der Waals surface area contributed by atoms with Gasteiger partial charge in [-0.25, -0.2) is 0 Å². The van der Waals surface area contributed by atoms with Gasteiger partial charge in [0.1, 0.15) is 5.75 Å². The second-order valence-corrected chi connectivity index (χ2v) is 6.45. The van der Waals surface area contributed by atoms with Crippen molar-refractivity contribution in [1.29, 1.82) is 0 Å². The highest BCUT2D eigenvalue weighted by Crippen LogP contribution is 2.30. The molecule has 0 spiro atoms. The number of nitrogens with one attached hydrogen (secondary N) is 1. The smallest absolute Gasteiger partial charge is 0.422 e. The summed E-state index contributed by atoms with van der Waals surface area (Å²) in [4.78, 5) is 15.9. The highest BCUT2D eigenvalue weighted by atomic mass is 19.4. The monoisotopic (exact) mass is 414 g/mol. The molecule has 0 radical (unpaired) electrons. The molecular weight excluding hydrogens is 395 g/mol. The van der Waals surface area contributed by atoms with Crippen LogP contribution in [0.2, 0.25) is 0 Å². The van der Waals surface area contributed by atoms with E-state index in [-0.39, 0.29) is 11.4 Å². The van der Waals surface area contributed by atoms with Crippen molar-refractivity contribution >= 4 is 11.5 Å². The maximum atomic E-state index is 14.5.